The van der Waals surface area contributed by atoms with Crippen LogP contribution in [0.1, 0.15) is 20.7 Å². The number of carbonyl (C=O) groups is 3. The number of nitrogens with zero attached hydrogens (tertiary/aromatic N) is 1. The molecule has 0 bridgehead atoms. The third kappa shape index (κ3) is 5.36. The van der Waals surface area contributed by atoms with Gasteiger partial charge in [-0.2, -0.15) is 0 Å². The summed E-state index contributed by atoms with van der Waals surface area (Å²) < 4.78 is 39.2. The quantitative estimate of drug-likeness (QED) is 0.598. The van der Waals surface area contributed by atoms with E-state index in [1.165, 1.54) is 38.4 Å². The summed E-state index contributed by atoms with van der Waals surface area (Å²) in [5.74, 6) is -2.96. The Morgan fingerprint density at radius 1 is 1.03 bits per heavy atom. The van der Waals surface area contributed by atoms with Crippen LogP contribution in [0.5, 0.6) is 0 Å². The van der Waals surface area contributed by atoms with Crippen molar-refractivity contribution in [2.75, 3.05) is 26.0 Å². The normalized spacial score (nSPS) is 11.2. The van der Waals surface area contributed by atoms with Crippen LogP contribution in [0.3, 0.4) is 0 Å². The standard InChI is InChI=1S/C18H19FN4O5S/c1-23(2)29(27,28)15-9-12(6-7-14(15)19)18(26)22-13-5-3-4-11(8-13)17(25)21-10-16(20)24/h3-9H,10H2,1-2H3,(H2,20,24)(H,21,25)(H,22,26). The molecule has 0 unspecified atom stereocenters. The highest BCUT2D eigenvalue weighted by Crippen LogP contribution is 2.20. The Labute approximate surface area is 166 Å². The second kappa shape index (κ2) is 8.80. The van der Waals surface area contributed by atoms with Crippen molar-refractivity contribution in [2.24, 2.45) is 5.73 Å². The first-order valence-electron chi connectivity index (χ1n) is 8.22. The second-order valence-corrected chi connectivity index (χ2v) is 8.24. The van der Waals surface area contributed by atoms with E-state index in [0.717, 1.165) is 22.5 Å². The number of anilines is 1. The number of hydrogen-bond donors (Lipinski definition) is 3. The Kier molecular flexibility index (Phi) is 6.67. The molecule has 3 amide bonds. The highest BCUT2D eigenvalue weighted by molar-refractivity contribution is 7.89. The molecule has 0 fully saturated rings. The van der Waals surface area contributed by atoms with E-state index in [-0.39, 0.29) is 23.4 Å². The average Bonchev–Trinajstić information content (AvgIpc) is 2.66. The van der Waals surface area contributed by atoms with Crippen LogP contribution in [-0.2, 0) is 14.8 Å². The molecule has 9 nitrogen and oxygen atoms in total. The van der Waals surface area contributed by atoms with Crippen molar-refractivity contribution in [2.45, 2.75) is 4.90 Å². The van der Waals surface area contributed by atoms with E-state index < -0.39 is 38.5 Å². The number of primary amides is 1. The first-order chi connectivity index (χ1) is 13.5. The Bertz CT molecular complexity index is 1070. The Balaban J connectivity index is 2.24. The van der Waals surface area contributed by atoms with Gasteiger partial charge in [-0.1, -0.05) is 6.07 Å². The van der Waals surface area contributed by atoms with Gasteiger partial charge in [0, 0.05) is 30.9 Å². The maximum absolute atomic E-state index is 14.0. The summed E-state index contributed by atoms with van der Waals surface area (Å²) in [6.45, 7) is -0.339. The first-order valence-corrected chi connectivity index (χ1v) is 9.66. The van der Waals surface area contributed by atoms with Crippen molar-refractivity contribution in [3.8, 4) is 0 Å². The number of benzene rings is 2. The van der Waals surface area contributed by atoms with Crippen molar-refractivity contribution in [1.82, 2.24) is 9.62 Å². The Morgan fingerprint density at radius 2 is 1.69 bits per heavy atom. The van der Waals surface area contributed by atoms with E-state index in [1.807, 2.05) is 0 Å². The minimum atomic E-state index is -4.08. The molecule has 0 saturated carbocycles. The number of nitrogens with two attached hydrogens (primary N) is 1. The lowest BCUT2D eigenvalue weighted by atomic mass is 10.1. The molecule has 0 saturated heterocycles. The third-order valence-electron chi connectivity index (χ3n) is 3.76. The van der Waals surface area contributed by atoms with Gasteiger partial charge in [0.25, 0.3) is 11.8 Å². The summed E-state index contributed by atoms with van der Waals surface area (Å²) in [6.07, 6.45) is 0. The monoisotopic (exact) mass is 422 g/mol. The number of amides is 3. The number of carbonyl (C=O) groups excluding carboxylic acids is 3. The molecule has 0 aliphatic rings. The maximum atomic E-state index is 14.0. The van der Waals surface area contributed by atoms with Crippen LogP contribution in [0.2, 0.25) is 0 Å². The van der Waals surface area contributed by atoms with Crippen LogP contribution >= 0.6 is 0 Å². The van der Waals surface area contributed by atoms with Crippen LogP contribution in [0.4, 0.5) is 10.1 Å². The summed E-state index contributed by atoms with van der Waals surface area (Å²) in [5.41, 5.74) is 5.28. The summed E-state index contributed by atoms with van der Waals surface area (Å²) >= 11 is 0. The molecule has 0 atom stereocenters. The minimum absolute atomic E-state index is 0.0876. The fraction of sp³-hybridized carbons (Fsp3) is 0.167. The van der Waals surface area contributed by atoms with Crippen molar-refractivity contribution >= 4 is 33.4 Å². The van der Waals surface area contributed by atoms with Gasteiger partial charge in [0.1, 0.15) is 10.7 Å². The molecular formula is C18H19FN4O5S. The van der Waals surface area contributed by atoms with E-state index in [0.29, 0.717) is 0 Å². The summed E-state index contributed by atoms with van der Waals surface area (Å²) in [4.78, 5) is 34.6. The average molecular weight is 422 g/mol. The smallest absolute Gasteiger partial charge is 0.255 e. The summed E-state index contributed by atoms with van der Waals surface area (Å²) in [6, 6.07) is 8.79. The lowest BCUT2D eigenvalue weighted by molar-refractivity contribution is -0.117. The van der Waals surface area contributed by atoms with E-state index in [2.05, 4.69) is 10.6 Å². The molecule has 2 aromatic carbocycles. The summed E-state index contributed by atoms with van der Waals surface area (Å²) in [5, 5.41) is 4.82. The zero-order chi connectivity index (χ0) is 21.8. The maximum Gasteiger partial charge on any atom is 0.255 e. The molecule has 0 aliphatic carbocycles. The highest BCUT2D eigenvalue weighted by atomic mass is 32.2. The highest BCUT2D eigenvalue weighted by Gasteiger charge is 2.23. The molecule has 0 spiro atoms. The summed E-state index contributed by atoms with van der Waals surface area (Å²) in [7, 11) is -1.59. The Hall–Kier alpha value is -3.31. The van der Waals surface area contributed by atoms with Gasteiger partial charge in [-0.05, 0) is 36.4 Å². The Morgan fingerprint density at radius 3 is 2.31 bits per heavy atom. The van der Waals surface area contributed by atoms with Crippen molar-refractivity contribution in [1.29, 1.82) is 0 Å². The first kappa shape index (κ1) is 22.0. The van der Waals surface area contributed by atoms with Gasteiger partial charge in [0.2, 0.25) is 15.9 Å². The molecule has 0 aliphatic heterocycles. The lowest BCUT2D eigenvalue weighted by Crippen LogP contribution is -2.33. The van der Waals surface area contributed by atoms with E-state index in [1.54, 1.807) is 0 Å². The predicted octanol–water partition coefficient (Wildman–Crippen LogP) is 0.543. The topological polar surface area (TPSA) is 139 Å². The number of halogens is 1. The van der Waals surface area contributed by atoms with Gasteiger partial charge < -0.3 is 16.4 Å². The van der Waals surface area contributed by atoms with Gasteiger partial charge in [-0.15, -0.1) is 0 Å². The minimum Gasteiger partial charge on any atom is -0.368 e. The molecule has 11 heteroatoms. The van der Waals surface area contributed by atoms with Crippen molar-refractivity contribution < 1.29 is 27.2 Å². The molecule has 0 heterocycles. The van der Waals surface area contributed by atoms with Gasteiger partial charge in [0.05, 0.1) is 6.54 Å². The lowest BCUT2D eigenvalue weighted by Gasteiger charge is -2.13. The molecule has 2 rings (SSSR count). The third-order valence-corrected chi connectivity index (χ3v) is 5.59. The van der Waals surface area contributed by atoms with Crippen LogP contribution in [-0.4, -0.2) is 51.1 Å². The van der Waals surface area contributed by atoms with Crippen molar-refractivity contribution in [3.63, 3.8) is 0 Å². The molecule has 154 valence electrons. The number of hydrogen-bond acceptors (Lipinski definition) is 5. The second-order valence-electron chi connectivity index (χ2n) is 6.12. The SMILES string of the molecule is CN(C)S(=O)(=O)c1cc(C(=O)Nc2cccc(C(=O)NCC(N)=O)c2)ccc1F. The predicted molar refractivity (Wildman–Crippen MR) is 103 cm³/mol. The molecule has 0 radical (unpaired) electrons. The number of rotatable bonds is 7. The molecule has 4 N–H and O–H groups in total. The van der Waals surface area contributed by atoms with E-state index >= 15 is 0 Å². The molecule has 29 heavy (non-hydrogen) atoms. The van der Waals surface area contributed by atoms with Gasteiger partial charge in [-0.3, -0.25) is 14.4 Å². The number of sulfonamides is 1. The van der Waals surface area contributed by atoms with E-state index in [9.17, 15) is 27.2 Å². The molecule has 0 aromatic heterocycles. The molecule has 2 aromatic rings. The fourth-order valence-corrected chi connectivity index (χ4v) is 3.23. The van der Waals surface area contributed by atoms with E-state index in [4.69, 9.17) is 5.73 Å². The fourth-order valence-electron chi connectivity index (χ4n) is 2.25. The molecular weight excluding hydrogens is 403 g/mol. The van der Waals surface area contributed by atoms with Gasteiger partial charge >= 0.3 is 0 Å². The van der Waals surface area contributed by atoms with Crippen molar-refractivity contribution in [3.05, 3.63) is 59.4 Å². The number of nitrogens with one attached hydrogen (secondary N) is 2. The largest absolute Gasteiger partial charge is 0.368 e. The van der Waals surface area contributed by atoms with Gasteiger partial charge in [-0.25, -0.2) is 17.1 Å². The van der Waals surface area contributed by atoms with Crippen LogP contribution in [0.25, 0.3) is 0 Å². The van der Waals surface area contributed by atoms with Gasteiger partial charge in [0.15, 0.2) is 0 Å². The zero-order valence-electron chi connectivity index (χ0n) is 15.6. The zero-order valence-corrected chi connectivity index (χ0v) is 16.4. The van der Waals surface area contributed by atoms with Crippen LogP contribution in [0, 0.1) is 5.82 Å². The van der Waals surface area contributed by atoms with Crippen LogP contribution in [0.15, 0.2) is 47.4 Å². The van der Waals surface area contributed by atoms with Crippen LogP contribution < -0.4 is 16.4 Å².